The number of halogens is 1. The highest BCUT2D eigenvalue weighted by atomic mass is 19.1. The molecule has 1 aliphatic heterocycles. The zero-order valence-corrected chi connectivity index (χ0v) is 10.4. The molecule has 1 N–H and O–H groups in total. The third-order valence-corrected chi connectivity index (χ3v) is 3.02. The van der Waals surface area contributed by atoms with Crippen molar-refractivity contribution in [3.63, 3.8) is 0 Å². The monoisotopic (exact) mass is 238 g/mol. The molecule has 1 heterocycles. The van der Waals surface area contributed by atoms with Gasteiger partial charge in [0, 0.05) is 24.8 Å². The van der Waals surface area contributed by atoms with Crippen molar-refractivity contribution in [1.29, 1.82) is 0 Å². The van der Waals surface area contributed by atoms with Crippen LogP contribution in [0.3, 0.4) is 0 Å². The van der Waals surface area contributed by atoms with Crippen LogP contribution in [-0.2, 0) is 11.3 Å². The van der Waals surface area contributed by atoms with Crippen molar-refractivity contribution in [3.8, 4) is 0 Å². The van der Waals surface area contributed by atoms with Gasteiger partial charge in [-0.05, 0) is 37.7 Å². The highest BCUT2D eigenvalue weighted by Crippen LogP contribution is 2.22. The zero-order valence-electron chi connectivity index (χ0n) is 10.4. The zero-order chi connectivity index (χ0) is 12.3. The Labute approximate surface area is 102 Å². The Bertz CT molecular complexity index is 384. The number of ether oxygens (including phenoxy) is 1. The highest BCUT2D eigenvalue weighted by molar-refractivity contribution is 5.50. The standard InChI is InChI=1S/C13H19FN2O/c1-10-9-17-4-3-16(10)13-6-11(8-15-2)5-12(14)7-13/h5-7,10,15H,3-4,8-9H2,1-2H3. The summed E-state index contributed by atoms with van der Waals surface area (Å²) in [7, 11) is 1.86. The van der Waals surface area contributed by atoms with E-state index < -0.39 is 0 Å². The van der Waals surface area contributed by atoms with Gasteiger partial charge in [0.15, 0.2) is 0 Å². The van der Waals surface area contributed by atoms with Gasteiger partial charge in [0.25, 0.3) is 0 Å². The molecule has 1 fully saturated rings. The van der Waals surface area contributed by atoms with Gasteiger partial charge in [0.05, 0.1) is 13.2 Å². The van der Waals surface area contributed by atoms with E-state index in [1.54, 1.807) is 12.1 Å². The molecule has 0 spiro atoms. The predicted molar refractivity (Wildman–Crippen MR) is 66.8 cm³/mol. The number of nitrogens with zero attached hydrogens (tertiary/aromatic N) is 1. The molecular weight excluding hydrogens is 219 g/mol. The van der Waals surface area contributed by atoms with E-state index in [9.17, 15) is 4.39 Å². The smallest absolute Gasteiger partial charge is 0.125 e. The van der Waals surface area contributed by atoms with Crippen molar-refractivity contribution < 1.29 is 9.13 Å². The summed E-state index contributed by atoms with van der Waals surface area (Å²) in [5.74, 6) is -0.175. The fourth-order valence-corrected chi connectivity index (χ4v) is 2.22. The van der Waals surface area contributed by atoms with Crippen LogP contribution in [0.25, 0.3) is 0 Å². The molecule has 1 saturated heterocycles. The second-order valence-corrected chi connectivity index (χ2v) is 4.47. The third kappa shape index (κ3) is 2.96. The van der Waals surface area contributed by atoms with Gasteiger partial charge in [-0.2, -0.15) is 0 Å². The van der Waals surface area contributed by atoms with Crippen LogP contribution in [0.15, 0.2) is 18.2 Å². The van der Waals surface area contributed by atoms with E-state index in [1.807, 2.05) is 13.1 Å². The van der Waals surface area contributed by atoms with Crippen molar-refractivity contribution in [3.05, 3.63) is 29.6 Å². The van der Waals surface area contributed by atoms with Gasteiger partial charge < -0.3 is 15.0 Å². The lowest BCUT2D eigenvalue weighted by Crippen LogP contribution is -2.43. The number of anilines is 1. The number of benzene rings is 1. The maximum atomic E-state index is 13.5. The first-order valence-electron chi connectivity index (χ1n) is 5.99. The first-order chi connectivity index (χ1) is 8.20. The number of hydrogen-bond acceptors (Lipinski definition) is 3. The lowest BCUT2D eigenvalue weighted by Gasteiger charge is -2.35. The van der Waals surface area contributed by atoms with Gasteiger partial charge in [-0.25, -0.2) is 4.39 Å². The first-order valence-corrected chi connectivity index (χ1v) is 5.99. The van der Waals surface area contributed by atoms with Gasteiger partial charge in [-0.3, -0.25) is 0 Å². The van der Waals surface area contributed by atoms with E-state index in [-0.39, 0.29) is 5.82 Å². The van der Waals surface area contributed by atoms with E-state index in [1.165, 1.54) is 0 Å². The summed E-state index contributed by atoms with van der Waals surface area (Å²) in [5.41, 5.74) is 1.92. The molecule has 0 bridgehead atoms. The summed E-state index contributed by atoms with van der Waals surface area (Å²) in [6, 6.07) is 5.51. The normalized spacial score (nSPS) is 20.6. The highest BCUT2D eigenvalue weighted by Gasteiger charge is 2.19. The second kappa shape index (κ2) is 5.47. The molecule has 0 amide bonds. The maximum absolute atomic E-state index is 13.5. The summed E-state index contributed by atoms with van der Waals surface area (Å²) in [4.78, 5) is 2.20. The van der Waals surface area contributed by atoms with Gasteiger partial charge in [0.2, 0.25) is 0 Å². The minimum Gasteiger partial charge on any atom is -0.377 e. The maximum Gasteiger partial charge on any atom is 0.125 e. The second-order valence-electron chi connectivity index (χ2n) is 4.47. The van der Waals surface area contributed by atoms with Crippen LogP contribution in [0.5, 0.6) is 0 Å². The molecular formula is C13H19FN2O. The average molecular weight is 238 g/mol. The minimum absolute atomic E-state index is 0.175. The molecule has 1 aliphatic rings. The fraction of sp³-hybridized carbons (Fsp3) is 0.538. The molecule has 1 unspecified atom stereocenters. The summed E-state index contributed by atoms with van der Waals surface area (Å²) in [6.07, 6.45) is 0. The lowest BCUT2D eigenvalue weighted by molar-refractivity contribution is 0.0989. The average Bonchev–Trinajstić information content (AvgIpc) is 2.29. The number of rotatable bonds is 3. The van der Waals surface area contributed by atoms with Crippen LogP contribution >= 0.6 is 0 Å². The van der Waals surface area contributed by atoms with Crippen LogP contribution in [-0.4, -0.2) is 32.8 Å². The largest absolute Gasteiger partial charge is 0.377 e. The Balaban J connectivity index is 2.24. The summed E-state index contributed by atoms with van der Waals surface area (Å²) in [5, 5.41) is 3.04. The Morgan fingerprint density at radius 2 is 2.29 bits per heavy atom. The number of hydrogen-bond donors (Lipinski definition) is 1. The quantitative estimate of drug-likeness (QED) is 0.868. The summed E-state index contributed by atoms with van der Waals surface area (Å²) in [6.45, 7) is 5.02. The van der Waals surface area contributed by atoms with Crippen LogP contribution in [0.2, 0.25) is 0 Å². The Morgan fingerprint density at radius 1 is 1.47 bits per heavy atom. The van der Waals surface area contributed by atoms with Crippen LogP contribution < -0.4 is 10.2 Å². The van der Waals surface area contributed by atoms with E-state index >= 15 is 0 Å². The molecule has 17 heavy (non-hydrogen) atoms. The molecule has 3 nitrogen and oxygen atoms in total. The SMILES string of the molecule is CNCc1cc(F)cc(N2CCOCC2C)c1. The van der Waals surface area contributed by atoms with E-state index in [0.29, 0.717) is 25.8 Å². The van der Waals surface area contributed by atoms with E-state index in [0.717, 1.165) is 17.8 Å². The van der Waals surface area contributed by atoms with Crippen molar-refractivity contribution in [2.75, 3.05) is 31.7 Å². The topological polar surface area (TPSA) is 24.5 Å². The lowest BCUT2D eigenvalue weighted by atomic mass is 10.1. The van der Waals surface area contributed by atoms with Crippen molar-refractivity contribution in [1.82, 2.24) is 5.32 Å². The van der Waals surface area contributed by atoms with Gasteiger partial charge >= 0.3 is 0 Å². The molecule has 94 valence electrons. The summed E-state index contributed by atoms with van der Waals surface area (Å²) < 4.78 is 18.9. The third-order valence-electron chi connectivity index (χ3n) is 3.02. The minimum atomic E-state index is -0.175. The molecule has 1 aromatic rings. The molecule has 4 heteroatoms. The van der Waals surface area contributed by atoms with Gasteiger partial charge in [-0.15, -0.1) is 0 Å². The predicted octanol–water partition coefficient (Wildman–Crippen LogP) is 1.77. The Kier molecular flexibility index (Phi) is 3.97. The summed E-state index contributed by atoms with van der Waals surface area (Å²) >= 11 is 0. The van der Waals surface area contributed by atoms with Crippen molar-refractivity contribution in [2.24, 2.45) is 0 Å². The molecule has 0 aromatic heterocycles. The number of morpholine rings is 1. The van der Waals surface area contributed by atoms with E-state index in [2.05, 4.69) is 17.1 Å². The van der Waals surface area contributed by atoms with Crippen LogP contribution in [0.4, 0.5) is 10.1 Å². The molecule has 2 rings (SSSR count). The molecule has 1 atom stereocenters. The van der Waals surface area contributed by atoms with Gasteiger partial charge in [0.1, 0.15) is 5.82 Å². The molecule has 1 aromatic carbocycles. The Morgan fingerprint density at radius 3 is 3.00 bits per heavy atom. The van der Waals surface area contributed by atoms with Gasteiger partial charge in [-0.1, -0.05) is 0 Å². The fourth-order valence-electron chi connectivity index (χ4n) is 2.22. The molecule has 0 saturated carbocycles. The van der Waals surface area contributed by atoms with Crippen LogP contribution in [0, 0.1) is 5.82 Å². The number of nitrogens with one attached hydrogen (secondary N) is 1. The Hall–Kier alpha value is -1.13. The van der Waals surface area contributed by atoms with Crippen molar-refractivity contribution in [2.45, 2.75) is 19.5 Å². The van der Waals surface area contributed by atoms with Crippen LogP contribution in [0.1, 0.15) is 12.5 Å². The first kappa shape index (κ1) is 12.3. The molecule has 0 radical (unpaired) electrons. The van der Waals surface area contributed by atoms with Crippen molar-refractivity contribution >= 4 is 5.69 Å². The molecule has 0 aliphatic carbocycles. The van der Waals surface area contributed by atoms with E-state index in [4.69, 9.17) is 4.74 Å².